The molecule has 0 atom stereocenters. The topological polar surface area (TPSA) is 11.4 Å². The van der Waals surface area contributed by atoms with Gasteiger partial charge >= 0.3 is 0 Å². The summed E-state index contributed by atoms with van der Waals surface area (Å²) >= 11 is 0. The Morgan fingerprint density at radius 1 is 0.312 bits per heavy atom. The summed E-state index contributed by atoms with van der Waals surface area (Å²) in [6.07, 6.45) is 0. The van der Waals surface area contributed by atoms with Crippen LogP contribution < -0.4 is 59.0 Å². The monoisotopic (exact) mass is 601 g/mol. The van der Waals surface area contributed by atoms with Crippen LogP contribution in [0.5, 0.6) is 0 Å². The summed E-state index contributed by atoms with van der Waals surface area (Å²) < 4.78 is 2.71. The Morgan fingerprint density at radius 3 is 1.06 bits per heavy atom. The maximum atomic E-state index is 2.71. The quantitative estimate of drug-likeness (QED) is 0.248. The van der Waals surface area contributed by atoms with Gasteiger partial charge < -0.3 is 14.4 Å². The lowest BCUT2D eigenvalue weighted by molar-refractivity contribution is 1.17. The van der Waals surface area contributed by atoms with E-state index in [1.165, 1.54) is 111 Å². The summed E-state index contributed by atoms with van der Waals surface area (Å²) in [7, 11) is 0. The number of benzene rings is 7. The third-order valence-electron chi connectivity index (χ3n) is 12.5. The van der Waals surface area contributed by atoms with Crippen LogP contribution in [0.3, 0.4) is 0 Å². The average Bonchev–Trinajstić information content (AvgIpc) is 3.50. The molecule has 0 amide bonds. The van der Waals surface area contributed by atoms with Crippen molar-refractivity contribution in [3.05, 3.63) is 133 Å². The van der Waals surface area contributed by atoms with Gasteiger partial charge in [-0.15, -0.1) is 0 Å². The van der Waals surface area contributed by atoms with Crippen LogP contribution in [0, 0.1) is 0 Å². The second-order valence-corrected chi connectivity index (χ2v) is 14.3. The molecule has 6 aliphatic heterocycles. The standard InChI is InChI=1S/C42H22B3N3/c1-5-19-31-25(13-1)43-26-14-2-6-20-32(26)47-34-22-8-4-16-28(34)45-30-18-10-12-24-23-11-9-17-29-38(23)48(39(24)30)42-36-40(35(43)41(47)37(42)45)46(31)33-21-7-3-15-27(33)44(29)36/h1-22H. The molecule has 3 nitrogen and oxygen atoms in total. The molecule has 214 valence electrons. The van der Waals surface area contributed by atoms with Crippen LogP contribution in [-0.4, -0.2) is 24.7 Å². The number of rotatable bonds is 0. The Hall–Kier alpha value is -5.87. The lowest BCUT2D eigenvalue weighted by atomic mass is 9.25. The first kappa shape index (κ1) is 23.5. The molecule has 0 aliphatic carbocycles. The third-order valence-corrected chi connectivity index (χ3v) is 12.5. The van der Waals surface area contributed by atoms with Crippen molar-refractivity contribution in [1.82, 2.24) is 4.57 Å². The molecule has 6 heteroatoms. The first-order chi connectivity index (χ1) is 23.9. The molecule has 7 heterocycles. The molecule has 0 saturated carbocycles. The van der Waals surface area contributed by atoms with E-state index in [1.54, 1.807) is 0 Å². The molecule has 7 aromatic carbocycles. The Balaban J connectivity index is 1.32. The zero-order valence-corrected chi connectivity index (χ0v) is 25.8. The Morgan fingerprint density at radius 2 is 0.646 bits per heavy atom. The molecule has 0 unspecified atom stereocenters. The van der Waals surface area contributed by atoms with Crippen LogP contribution in [0.4, 0.5) is 34.1 Å². The van der Waals surface area contributed by atoms with Crippen molar-refractivity contribution in [3.8, 4) is 5.69 Å². The van der Waals surface area contributed by atoms with Gasteiger partial charge in [-0.1, -0.05) is 109 Å². The van der Waals surface area contributed by atoms with Gasteiger partial charge in [0.25, 0.3) is 20.1 Å². The van der Waals surface area contributed by atoms with Crippen LogP contribution in [0.15, 0.2) is 133 Å². The van der Waals surface area contributed by atoms with Crippen LogP contribution >= 0.6 is 0 Å². The van der Waals surface area contributed by atoms with Crippen LogP contribution in [-0.2, 0) is 0 Å². The molecule has 1 aromatic heterocycles. The second-order valence-electron chi connectivity index (χ2n) is 14.3. The highest BCUT2D eigenvalue weighted by Gasteiger charge is 2.56. The van der Waals surface area contributed by atoms with Crippen molar-refractivity contribution in [3.63, 3.8) is 0 Å². The largest absolute Gasteiger partial charge is 0.312 e. The minimum atomic E-state index is 0.146. The van der Waals surface area contributed by atoms with E-state index in [-0.39, 0.29) is 20.1 Å². The summed E-state index contributed by atoms with van der Waals surface area (Å²) in [5.41, 5.74) is 25.1. The highest BCUT2D eigenvalue weighted by atomic mass is 15.2. The zero-order valence-electron chi connectivity index (χ0n) is 25.8. The number of nitrogens with zero attached hydrogens (tertiary/aromatic N) is 3. The molecule has 0 spiro atoms. The Labute approximate surface area is 277 Å². The summed E-state index contributed by atoms with van der Waals surface area (Å²) in [6, 6.07) is 51.1. The lowest BCUT2D eigenvalue weighted by Gasteiger charge is -2.53. The second kappa shape index (κ2) is 7.48. The molecule has 8 aromatic rings. The van der Waals surface area contributed by atoms with E-state index in [4.69, 9.17) is 0 Å². The van der Waals surface area contributed by atoms with Gasteiger partial charge in [-0.25, -0.2) is 0 Å². The number of anilines is 6. The van der Waals surface area contributed by atoms with Crippen molar-refractivity contribution < 1.29 is 0 Å². The lowest BCUT2D eigenvalue weighted by Crippen LogP contribution is -2.74. The number of hydrogen-bond donors (Lipinski definition) is 0. The molecule has 0 saturated heterocycles. The van der Waals surface area contributed by atoms with Crippen molar-refractivity contribution in [2.75, 3.05) is 9.80 Å². The Kier molecular flexibility index (Phi) is 3.65. The number of aromatic nitrogens is 1. The molecule has 14 rings (SSSR count). The minimum Gasteiger partial charge on any atom is -0.312 e. The van der Waals surface area contributed by atoms with Crippen LogP contribution in [0.25, 0.3) is 27.5 Å². The normalized spacial score (nSPS) is 15.3. The van der Waals surface area contributed by atoms with E-state index in [9.17, 15) is 0 Å². The molecular formula is C42H22B3N3. The Bertz CT molecular complexity index is 2720. The average molecular weight is 601 g/mol. The van der Waals surface area contributed by atoms with Crippen LogP contribution in [0.1, 0.15) is 0 Å². The minimum absolute atomic E-state index is 0.146. The molecule has 0 N–H and O–H groups in total. The highest BCUT2D eigenvalue weighted by Crippen LogP contribution is 2.48. The van der Waals surface area contributed by atoms with Crippen molar-refractivity contribution in [1.29, 1.82) is 0 Å². The number of fused-ring (bicyclic) bond motifs is 15. The van der Waals surface area contributed by atoms with Crippen LogP contribution in [0.2, 0.25) is 0 Å². The predicted octanol–water partition coefficient (Wildman–Crippen LogP) is 3.15. The van der Waals surface area contributed by atoms with Gasteiger partial charge in [-0.3, -0.25) is 0 Å². The van der Waals surface area contributed by atoms with Gasteiger partial charge in [0, 0.05) is 61.6 Å². The van der Waals surface area contributed by atoms with Crippen molar-refractivity contribution in [2.24, 2.45) is 0 Å². The molecule has 0 radical (unpaired) electrons. The fourth-order valence-electron chi connectivity index (χ4n) is 11.1. The predicted molar refractivity (Wildman–Crippen MR) is 204 cm³/mol. The molecule has 6 aliphatic rings. The summed E-state index contributed by atoms with van der Waals surface area (Å²) in [5, 5.41) is 2.73. The van der Waals surface area contributed by atoms with Gasteiger partial charge in [0.1, 0.15) is 0 Å². The number of hydrogen-bond acceptors (Lipinski definition) is 2. The van der Waals surface area contributed by atoms with Gasteiger partial charge in [0.15, 0.2) is 0 Å². The SMILES string of the molecule is c1ccc2c(c1)B1c3ccccc3N3c4ccccc4B4c5c3c1c1c3c5-n5c6c(cccc6c6cccc4c65)B3c3ccccc3N21. The number of para-hydroxylation sites is 6. The molecule has 0 fully saturated rings. The summed E-state index contributed by atoms with van der Waals surface area (Å²) in [4.78, 5) is 5.29. The van der Waals surface area contributed by atoms with E-state index in [0.29, 0.717) is 0 Å². The maximum absolute atomic E-state index is 2.71. The molecule has 0 bridgehead atoms. The highest BCUT2D eigenvalue weighted by molar-refractivity contribution is 7.08. The molecular weight excluding hydrogens is 579 g/mol. The van der Waals surface area contributed by atoms with Gasteiger partial charge in [-0.2, -0.15) is 0 Å². The summed E-state index contributed by atoms with van der Waals surface area (Å²) in [5.74, 6) is 0. The fraction of sp³-hybridized carbons (Fsp3) is 0. The first-order valence-corrected chi connectivity index (χ1v) is 17.2. The van der Waals surface area contributed by atoms with E-state index < -0.39 is 0 Å². The van der Waals surface area contributed by atoms with Crippen molar-refractivity contribution in [2.45, 2.75) is 0 Å². The fourth-order valence-corrected chi connectivity index (χ4v) is 11.1. The summed E-state index contributed by atoms with van der Waals surface area (Å²) in [6.45, 7) is 0.452. The van der Waals surface area contributed by atoms with Crippen molar-refractivity contribution >= 4 is 125 Å². The van der Waals surface area contributed by atoms with Gasteiger partial charge in [-0.05, 0) is 73.4 Å². The third kappa shape index (κ3) is 2.23. The van der Waals surface area contributed by atoms with E-state index in [0.717, 1.165) is 0 Å². The first-order valence-electron chi connectivity index (χ1n) is 17.2. The van der Waals surface area contributed by atoms with Gasteiger partial charge in [0.2, 0.25) is 0 Å². The zero-order chi connectivity index (χ0) is 30.6. The van der Waals surface area contributed by atoms with E-state index in [2.05, 4.69) is 148 Å². The van der Waals surface area contributed by atoms with E-state index >= 15 is 0 Å². The maximum Gasteiger partial charge on any atom is 0.252 e. The molecule has 48 heavy (non-hydrogen) atoms. The van der Waals surface area contributed by atoms with E-state index in [1.807, 2.05) is 0 Å². The van der Waals surface area contributed by atoms with Gasteiger partial charge in [0.05, 0.1) is 0 Å². The smallest absolute Gasteiger partial charge is 0.252 e.